The van der Waals surface area contributed by atoms with Gasteiger partial charge in [0, 0.05) is 5.39 Å². The molecular formula is C18H16N2O4S. The molecule has 0 amide bonds. The van der Waals surface area contributed by atoms with Gasteiger partial charge in [0.05, 0.1) is 18.0 Å². The van der Waals surface area contributed by atoms with E-state index >= 15 is 0 Å². The van der Waals surface area contributed by atoms with Gasteiger partial charge in [-0.25, -0.2) is 18.1 Å². The number of carboxylic acid groups (broad SMARTS) is 1. The highest BCUT2D eigenvalue weighted by Crippen LogP contribution is 2.21. The highest BCUT2D eigenvalue weighted by Gasteiger charge is 2.24. The number of aliphatic carboxylic acids is 1. The van der Waals surface area contributed by atoms with E-state index < -0.39 is 22.0 Å². The number of para-hydroxylation sites is 1. The Balaban J connectivity index is 1.95. The smallest absolute Gasteiger partial charge is 0.305 e. The molecule has 3 rings (SSSR count). The second-order valence-corrected chi connectivity index (χ2v) is 7.19. The summed E-state index contributed by atoms with van der Waals surface area (Å²) < 4.78 is 27.8. The number of nitrogens with zero attached hydrogens (tertiary/aromatic N) is 1. The van der Waals surface area contributed by atoms with Crippen LogP contribution in [0.2, 0.25) is 0 Å². The number of nitrogens with one attached hydrogen (secondary N) is 1. The fourth-order valence-corrected chi connectivity index (χ4v) is 3.71. The van der Waals surface area contributed by atoms with Crippen molar-refractivity contribution in [2.75, 3.05) is 0 Å². The maximum atomic E-state index is 12.7. The number of sulfonamides is 1. The Morgan fingerprint density at radius 3 is 2.40 bits per heavy atom. The van der Waals surface area contributed by atoms with Crippen molar-refractivity contribution in [2.24, 2.45) is 0 Å². The van der Waals surface area contributed by atoms with Crippen LogP contribution in [-0.4, -0.2) is 24.5 Å². The van der Waals surface area contributed by atoms with E-state index in [-0.39, 0.29) is 11.4 Å². The summed E-state index contributed by atoms with van der Waals surface area (Å²) in [4.78, 5) is 15.3. The summed E-state index contributed by atoms with van der Waals surface area (Å²) in [5.41, 5.74) is 1.13. The molecule has 1 aromatic heterocycles. The second-order valence-electron chi connectivity index (χ2n) is 5.52. The van der Waals surface area contributed by atoms with E-state index in [9.17, 15) is 13.2 Å². The molecule has 25 heavy (non-hydrogen) atoms. The van der Waals surface area contributed by atoms with Crippen LogP contribution in [0.4, 0.5) is 0 Å². The SMILES string of the molecule is O=C(O)CC(NS(=O)(=O)c1ccc2ccccc2n1)c1ccccc1. The standard InChI is InChI=1S/C18H16N2O4S/c21-18(22)12-16(13-6-2-1-3-7-13)20-25(23,24)17-11-10-14-8-4-5-9-15(14)19-17/h1-11,16,20H,12H2,(H,21,22). The van der Waals surface area contributed by atoms with E-state index in [0.29, 0.717) is 11.1 Å². The van der Waals surface area contributed by atoms with Gasteiger partial charge in [-0.3, -0.25) is 4.79 Å². The summed E-state index contributed by atoms with van der Waals surface area (Å²) in [6.07, 6.45) is -0.364. The number of hydrogen-bond donors (Lipinski definition) is 2. The highest BCUT2D eigenvalue weighted by atomic mass is 32.2. The Labute approximate surface area is 145 Å². The van der Waals surface area contributed by atoms with E-state index in [1.54, 1.807) is 48.5 Å². The van der Waals surface area contributed by atoms with E-state index in [1.807, 2.05) is 12.1 Å². The fraction of sp³-hybridized carbons (Fsp3) is 0.111. The monoisotopic (exact) mass is 356 g/mol. The summed E-state index contributed by atoms with van der Waals surface area (Å²) in [5, 5.41) is 9.79. The van der Waals surface area contributed by atoms with Crippen LogP contribution in [0, 0.1) is 0 Å². The summed E-state index contributed by atoms with van der Waals surface area (Å²) in [6.45, 7) is 0. The van der Waals surface area contributed by atoms with Gasteiger partial charge in [-0.2, -0.15) is 0 Å². The van der Waals surface area contributed by atoms with Crippen LogP contribution < -0.4 is 4.72 Å². The number of hydrogen-bond acceptors (Lipinski definition) is 4. The van der Waals surface area contributed by atoms with Gasteiger partial charge in [-0.15, -0.1) is 0 Å². The minimum absolute atomic E-state index is 0.141. The highest BCUT2D eigenvalue weighted by molar-refractivity contribution is 7.89. The lowest BCUT2D eigenvalue weighted by Gasteiger charge is -2.17. The number of aromatic nitrogens is 1. The molecule has 0 saturated heterocycles. The van der Waals surface area contributed by atoms with E-state index in [0.717, 1.165) is 5.39 Å². The van der Waals surface area contributed by atoms with Gasteiger partial charge in [0.2, 0.25) is 0 Å². The largest absolute Gasteiger partial charge is 0.481 e. The van der Waals surface area contributed by atoms with Crippen molar-refractivity contribution in [3.05, 3.63) is 72.3 Å². The predicted molar refractivity (Wildman–Crippen MR) is 93.5 cm³/mol. The van der Waals surface area contributed by atoms with Crippen LogP contribution in [0.15, 0.2) is 71.8 Å². The lowest BCUT2D eigenvalue weighted by molar-refractivity contribution is -0.137. The van der Waals surface area contributed by atoms with Gasteiger partial charge in [0.25, 0.3) is 10.0 Å². The molecule has 0 bridgehead atoms. The van der Waals surface area contributed by atoms with Crippen molar-refractivity contribution in [1.29, 1.82) is 0 Å². The number of benzene rings is 2. The van der Waals surface area contributed by atoms with Crippen molar-refractivity contribution < 1.29 is 18.3 Å². The second kappa shape index (κ2) is 7.00. The molecule has 1 heterocycles. The molecule has 6 nitrogen and oxygen atoms in total. The lowest BCUT2D eigenvalue weighted by Crippen LogP contribution is -2.30. The molecule has 0 saturated carbocycles. The van der Waals surface area contributed by atoms with Gasteiger partial charge in [-0.05, 0) is 23.8 Å². The first kappa shape index (κ1) is 17.1. The molecule has 0 radical (unpaired) electrons. The zero-order valence-corrected chi connectivity index (χ0v) is 14.0. The van der Waals surface area contributed by atoms with Gasteiger partial charge in [0.1, 0.15) is 0 Å². The van der Waals surface area contributed by atoms with Crippen LogP contribution in [0.1, 0.15) is 18.0 Å². The first-order chi connectivity index (χ1) is 12.0. The first-order valence-corrected chi connectivity index (χ1v) is 9.09. The van der Waals surface area contributed by atoms with Gasteiger partial charge < -0.3 is 5.11 Å². The molecule has 2 aromatic carbocycles. The van der Waals surface area contributed by atoms with Gasteiger partial charge in [-0.1, -0.05) is 48.5 Å². The summed E-state index contributed by atoms with van der Waals surface area (Å²) in [7, 11) is -3.97. The molecule has 0 spiro atoms. The van der Waals surface area contributed by atoms with Crippen LogP contribution in [-0.2, 0) is 14.8 Å². The Morgan fingerprint density at radius 1 is 1.00 bits per heavy atom. The topological polar surface area (TPSA) is 96.4 Å². The van der Waals surface area contributed by atoms with Crippen molar-refractivity contribution in [3.8, 4) is 0 Å². The van der Waals surface area contributed by atoms with Crippen LogP contribution in [0.3, 0.4) is 0 Å². The molecule has 1 atom stereocenters. The quantitative estimate of drug-likeness (QED) is 0.708. The number of carboxylic acids is 1. The fourth-order valence-electron chi connectivity index (χ4n) is 2.53. The number of fused-ring (bicyclic) bond motifs is 1. The number of pyridine rings is 1. The summed E-state index contributed by atoms with van der Waals surface area (Å²) in [5.74, 6) is -1.09. The maximum absolute atomic E-state index is 12.7. The van der Waals surface area contributed by atoms with Crippen molar-refractivity contribution in [1.82, 2.24) is 9.71 Å². The zero-order chi connectivity index (χ0) is 17.9. The molecule has 3 aromatic rings. The van der Waals surface area contributed by atoms with Crippen molar-refractivity contribution in [2.45, 2.75) is 17.5 Å². The Morgan fingerprint density at radius 2 is 1.68 bits per heavy atom. The Kier molecular flexibility index (Phi) is 4.78. The molecule has 2 N–H and O–H groups in total. The lowest BCUT2D eigenvalue weighted by atomic mass is 10.1. The van der Waals surface area contributed by atoms with Gasteiger partial charge in [0.15, 0.2) is 5.03 Å². The molecular weight excluding hydrogens is 340 g/mol. The molecule has 0 fully saturated rings. The molecule has 0 aliphatic carbocycles. The minimum Gasteiger partial charge on any atom is -0.481 e. The van der Waals surface area contributed by atoms with E-state index in [1.165, 1.54) is 6.07 Å². The molecule has 128 valence electrons. The third-order valence-electron chi connectivity index (χ3n) is 3.73. The maximum Gasteiger partial charge on any atom is 0.305 e. The van der Waals surface area contributed by atoms with Crippen LogP contribution >= 0.6 is 0 Å². The van der Waals surface area contributed by atoms with Crippen molar-refractivity contribution in [3.63, 3.8) is 0 Å². The van der Waals surface area contributed by atoms with E-state index in [2.05, 4.69) is 9.71 Å². The minimum atomic E-state index is -3.97. The van der Waals surface area contributed by atoms with Gasteiger partial charge >= 0.3 is 5.97 Å². The first-order valence-electron chi connectivity index (χ1n) is 7.60. The van der Waals surface area contributed by atoms with E-state index in [4.69, 9.17) is 5.11 Å². The third-order valence-corrected chi connectivity index (χ3v) is 5.10. The Bertz CT molecular complexity index is 1000. The van der Waals surface area contributed by atoms with Crippen LogP contribution in [0.5, 0.6) is 0 Å². The molecule has 1 unspecified atom stereocenters. The molecule has 7 heteroatoms. The number of rotatable bonds is 6. The van der Waals surface area contributed by atoms with Crippen LogP contribution in [0.25, 0.3) is 10.9 Å². The zero-order valence-electron chi connectivity index (χ0n) is 13.2. The van der Waals surface area contributed by atoms with Crippen molar-refractivity contribution >= 4 is 26.9 Å². The number of carbonyl (C=O) groups is 1. The third kappa shape index (κ3) is 4.01. The normalized spacial score (nSPS) is 12.8. The average Bonchev–Trinajstić information content (AvgIpc) is 2.61. The molecule has 0 aliphatic heterocycles. The molecule has 0 aliphatic rings. The summed E-state index contributed by atoms with van der Waals surface area (Å²) in [6, 6.07) is 18.0. The summed E-state index contributed by atoms with van der Waals surface area (Å²) >= 11 is 0. The predicted octanol–water partition coefficient (Wildman–Crippen LogP) is 2.73. The Hall–Kier alpha value is -2.77. The average molecular weight is 356 g/mol.